The Morgan fingerprint density at radius 1 is 1.35 bits per heavy atom. The molecule has 3 N–H and O–H groups in total. The summed E-state index contributed by atoms with van der Waals surface area (Å²) in [7, 11) is 0. The van der Waals surface area contributed by atoms with Gasteiger partial charge in [-0.05, 0) is 49.7 Å². The Kier molecular flexibility index (Phi) is 8.32. The van der Waals surface area contributed by atoms with Crippen LogP contribution in [-0.2, 0) is 6.54 Å². The van der Waals surface area contributed by atoms with E-state index in [2.05, 4.69) is 29.8 Å². The van der Waals surface area contributed by atoms with Crippen molar-refractivity contribution >= 4 is 11.3 Å². The van der Waals surface area contributed by atoms with E-state index in [0.29, 0.717) is 0 Å². The van der Waals surface area contributed by atoms with Gasteiger partial charge in [-0.3, -0.25) is 0 Å². The molecule has 1 rings (SSSR count). The van der Waals surface area contributed by atoms with Crippen LogP contribution >= 0.6 is 11.3 Å². The monoisotopic (exact) mass is 254 g/mol. The van der Waals surface area contributed by atoms with Crippen LogP contribution in [-0.4, -0.2) is 13.1 Å². The van der Waals surface area contributed by atoms with Crippen molar-refractivity contribution in [3.05, 3.63) is 22.4 Å². The molecule has 17 heavy (non-hydrogen) atoms. The van der Waals surface area contributed by atoms with E-state index in [-0.39, 0.29) is 0 Å². The van der Waals surface area contributed by atoms with Gasteiger partial charge in [-0.15, -0.1) is 11.3 Å². The fraction of sp³-hybridized carbons (Fsp3) is 0.714. The second-order valence-corrected chi connectivity index (χ2v) is 5.66. The van der Waals surface area contributed by atoms with Crippen molar-refractivity contribution in [3.8, 4) is 0 Å². The first kappa shape index (κ1) is 14.7. The minimum absolute atomic E-state index is 0.841. The van der Waals surface area contributed by atoms with E-state index < -0.39 is 0 Å². The van der Waals surface area contributed by atoms with Crippen LogP contribution in [0.5, 0.6) is 0 Å². The Morgan fingerprint density at radius 2 is 2.24 bits per heavy atom. The van der Waals surface area contributed by atoms with Crippen LogP contribution in [0.3, 0.4) is 0 Å². The Balaban J connectivity index is 2.01. The van der Waals surface area contributed by atoms with Crippen molar-refractivity contribution < 1.29 is 0 Å². The topological polar surface area (TPSA) is 38.0 Å². The molecule has 0 aliphatic carbocycles. The van der Waals surface area contributed by atoms with Gasteiger partial charge in [0.1, 0.15) is 0 Å². The smallest absolute Gasteiger partial charge is 0.0299 e. The Bertz CT molecular complexity index is 253. The fourth-order valence-electron chi connectivity index (χ4n) is 2.22. The summed E-state index contributed by atoms with van der Waals surface area (Å²) in [5.41, 5.74) is 5.64. The molecule has 0 spiro atoms. The van der Waals surface area contributed by atoms with E-state index in [9.17, 15) is 0 Å². The zero-order valence-corrected chi connectivity index (χ0v) is 11.8. The van der Waals surface area contributed by atoms with Crippen LogP contribution in [0, 0.1) is 5.92 Å². The summed E-state index contributed by atoms with van der Waals surface area (Å²) in [6.07, 6.45) is 6.41. The molecule has 98 valence electrons. The summed E-state index contributed by atoms with van der Waals surface area (Å²) in [4.78, 5) is 1.43. The average molecular weight is 254 g/mol. The molecular weight excluding hydrogens is 228 g/mol. The van der Waals surface area contributed by atoms with E-state index in [4.69, 9.17) is 5.73 Å². The van der Waals surface area contributed by atoms with Gasteiger partial charge in [-0.1, -0.05) is 25.8 Å². The van der Waals surface area contributed by atoms with Gasteiger partial charge in [0.2, 0.25) is 0 Å². The quantitative estimate of drug-likeness (QED) is 0.628. The van der Waals surface area contributed by atoms with Gasteiger partial charge < -0.3 is 11.1 Å². The van der Waals surface area contributed by atoms with Gasteiger partial charge in [-0.2, -0.15) is 0 Å². The maximum atomic E-state index is 5.64. The maximum absolute atomic E-state index is 5.64. The lowest BCUT2D eigenvalue weighted by molar-refractivity contribution is 0.404. The van der Waals surface area contributed by atoms with Crippen molar-refractivity contribution in [1.82, 2.24) is 5.32 Å². The first-order valence-electron chi connectivity index (χ1n) is 6.80. The lowest BCUT2D eigenvalue weighted by Crippen LogP contribution is -2.16. The molecule has 3 heteroatoms. The molecule has 1 unspecified atom stereocenters. The third-order valence-electron chi connectivity index (χ3n) is 3.12. The molecule has 0 bridgehead atoms. The molecule has 0 fully saturated rings. The molecule has 0 amide bonds. The fourth-order valence-corrected chi connectivity index (χ4v) is 2.89. The third-order valence-corrected chi connectivity index (χ3v) is 3.99. The van der Waals surface area contributed by atoms with Crippen LogP contribution in [0.2, 0.25) is 0 Å². The van der Waals surface area contributed by atoms with Crippen LogP contribution in [0.1, 0.15) is 43.9 Å². The summed E-state index contributed by atoms with van der Waals surface area (Å²) >= 11 is 1.82. The highest BCUT2D eigenvalue weighted by atomic mass is 32.1. The number of rotatable bonds is 10. The summed E-state index contributed by atoms with van der Waals surface area (Å²) < 4.78 is 0. The minimum atomic E-state index is 0.841. The van der Waals surface area contributed by atoms with Crippen LogP contribution in [0.4, 0.5) is 0 Å². The largest absolute Gasteiger partial charge is 0.330 e. The molecule has 2 nitrogen and oxygen atoms in total. The second-order valence-electron chi connectivity index (χ2n) is 4.63. The average Bonchev–Trinajstić information content (AvgIpc) is 2.82. The molecule has 0 aliphatic rings. The van der Waals surface area contributed by atoms with Gasteiger partial charge in [0.05, 0.1) is 0 Å². The van der Waals surface area contributed by atoms with Crippen molar-refractivity contribution in [2.24, 2.45) is 11.7 Å². The predicted molar refractivity (Wildman–Crippen MR) is 77.3 cm³/mol. The van der Waals surface area contributed by atoms with Crippen molar-refractivity contribution in [2.45, 2.75) is 45.6 Å². The normalized spacial score (nSPS) is 12.8. The van der Waals surface area contributed by atoms with Crippen molar-refractivity contribution in [3.63, 3.8) is 0 Å². The number of hydrogen-bond donors (Lipinski definition) is 2. The summed E-state index contributed by atoms with van der Waals surface area (Å²) in [5, 5.41) is 5.64. The first-order chi connectivity index (χ1) is 8.36. The first-order valence-corrected chi connectivity index (χ1v) is 7.68. The summed E-state index contributed by atoms with van der Waals surface area (Å²) in [6, 6.07) is 4.30. The van der Waals surface area contributed by atoms with Crippen molar-refractivity contribution in [1.29, 1.82) is 0 Å². The molecule has 0 saturated carbocycles. The highest BCUT2D eigenvalue weighted by Crippen LogP contribution is 2.16. The molecular formula is C14H26N2S. The minimum Gasteiger partial charge on any atom is -0.330 e. The molecule has 1 heterocycles. The SMILES string of the molecule is CCCC(CCN)CCCNCc1cccs1. The zero-order chi connectivity index (χ0) is 12.3. The van der Waals surface area contributed by atoms with E-state index in [1.54, 1.807) is 0 Å². The number of thiophene rings is 1. The van der Waals surface area contributed by atoms with E-state index in [0.717, 1.165) is 25.6 Å². The standard InChI is InChI=1S/C14H26N2S/c1-2-5-13(8-9-15)6-3-10-16-12-14-7-4-11-17-14/h4,7,11,13,16H,2-3,5-6,8-10,12,15H2,1H3. The van der Waals surface area contributed by atoms with E-state index in [1.807, 2.05) is 11.3 Å². The predicted octanol–water partition coefficient (Wildman–Crippen LogP) is 3.38. The maximum Gasteiger partial charge on any atom is 0.0299 e. The third kappa shape index (κ3) is 6.81. The molecule has 1 atom stereocenters. The molecule has 0 aliphatic heterocycles. The molecule has 0 aromatic carbocycles. The van der Waals surface area contributed by atoms with Gasteiger partial charge >= 0.3 is 0 Å². The van der Waals surface area contributed by atoms with E-state index >= 15 is 0 Å². The highest BCUT2D eigenvalue weighted by Gasteiger charge is 2.05. The Labute approximate surface area is 110 Å². The van der Waals surface area contributed by atoms with Gasteiger partial charge in [-0.25, -0.2) is 0 Å². The summed E-state index contributed by atoms with van der Waals surface area (Å²) in [6.45, 7) is 5.25. The Hall–Kier alpha value is -0.380. The highest BCUT2D eigenvalue weighted by molar-refractivity contribution is 7.09. The van der Waals surface area contributed by atoms with Crippen molar-refractivity contribution in [2.75, 3.05) is 13.1 Å². The van der Waals surface area contributed by atoms with Crippen LogP contribution in [0.25, 0.3) is 0 Å². The van der Waals surface area contributed by atoms with Gasteiger partial charge in [0.15, 0.2) is 0 Å². The molecule has 1 aromatic heterocycles. The lowest BCUT2D eigenvalue weighted by atomic mass is 9.94. The number of hydrogen-bond acceptors (Lipinski definition) is 3. The van der Waals surface area contributed by atoms with Crippen LogP contribution in [0.15, 0.2) is 17.5 Å². The number of nitrogens with two attached hydrogens (primary N) is 1. The number of nitrogens with one attached hydrogen (secondary N) is 1. The van der Waals surface area contributed by atoms with E-state index in [1.165, 1.54) is 37.0 Å². The summed E-state index contributed by atoms with van der Waals surface area (Å²) in [5.74, 6) is 0.841. The molecule has 1 aromatic rings. The van der Waals surface area contributed by atoms with Crippen LogP contribution < -0.4 is 11.1 Å². The zero-order valence-electron chi connectivity index (χ0n) is 11.0. The molecule has 0 saturated heterocycles. The lowest BCUT2D eigenvalue weighted by Gasteiger charge is -2.14. The molecule has 0 radical (unpaired) electrons. The Morgan fingerprint density at radius 3 is 2.88 bits per heavy atom. The van der Waals surface area contributed by atoms with Gasteiger partial charge in [0, 0.05) is 11.4 Å². The second kappa shape index (κ2) is 9.63. The van der Waals surface area contributed by atoms with Gasteiger partial charge in [0.25, 0.3) is 0 Å².